The largest absolute Gasteiger partial charge is 0.393 e. The monoisotopic (exact) mass is 490 g/mol. The molecular weight excluding hydrogens is 432 g/mol. The fourth-order valence-electron chi connectivity index (χ4n) is 6.41. The van der Waals surface area contributed by atoms with Crippen LogP contribution in [0.2, 0.25) is 0 Å². The van der Waals surface area contributed by atoms with Gasteiger partial charge in [-0.1, -0.05) is 114 Å². The zero-order chi connectivity index (χ0) is 27.4. The Kier molecular flexibility index (Phi) is 10.9. The maximum atomic E-state index is 12.0. The Morgan fingerprint density at radius 1 is 0.943 bits per heavy atom. The molecule has 0 aromatic heterocycles. The Morgan fingerprint density at radius 2 is 1.51 bits per heavy atom. The van der Waals surface area contributed by atoms with Crippen molar-refractivity contribution in [2.45, 2.75) is 134 Å². The first kappa shape index (κ1) is 31.9. The third kappa shape index (κ3) is 7.68. The van der Waals surface area contributed by atoms with Gasteiger partial charge in [-0.3, -0.25) is 9.59 Å². The van der Waals surface area contributed by atoms with Gasteiger partial charge < -0.3 is 4.74 Å². The quantitative estimate of drug-likeness (QED) is 0.130. The van der Waals surface area contributed by atoms with Gasteiger partial charge in [0.25, 0.3) is 0 Å². The van der Waals surface area contributed by atoms with Crippen molar-refractivity contribution in [2.75, 3.05) is 0 Å². The molecule has 4 unspecified atom stereocenters. The number of esters is 2. The van der Waals surface area contributed by atoms with Crippen LogP contribution in [-0.4, -0.2) is 11.9 Å². The van der Waals surface area contributed by atoms with Crippen molar-refractivity contribution in [3.05, 3.63) is 12.2 Å². The second-order valence-corrected chi connectivity index (χ2v) is 14.3. The van der Waals surface area contributed by atoms with E-state index in [9.17, 15) is 9.59 Å². The first-order valence-corrected chi connectivity index (χ1v) is 14.3. The summed E-state index contributed by atoms with van der Waals surface area (Å²) in [5.41, 5.74) is 1.67. The Balaban J connectivity index is 2.95. The van der Waals surface area contributed by atoms with Crippen molar-refractivity contribution in [1.82, 2.24) is 0 Å². The molecule has 3 heteroatoms. The van der Waals surface area contributed by atoms with Crippen molar-refractivity contribution in [3.63, 3.8) is 0 Å². The van der Waals surface area contributed by atoms with Gasteiger partial charge >= 0.3 is 11.9 Å². The summed E-state index contributed by atoms with van der Waals surface area (Å²) in [4.78, 5) is 23.5. The van der Waals surface area contributed by atoms with Crippen molar-refractivity contribution in [3.8, 4) is 0 Å². The van der Waals surface area contributed by atoms with Crippen molar-refractivity contribution in [1.29, 1.82) is 0 Å². The van der Waals surface area contributed by atoms with E-state index in [4.69, 9.17) is 4.74 Å². The molecule has 4 atom stereocenters. The molecule has 1 rings (SSSR count). The molecule has 0 saturated carbocycles. The van der Waals surface area contributed by atoms with Crippen LogP contribution in [0.15, 0.2) is 12.2 Å². The summed E-state index contributed by atoms with van der Waals surface area (Å²) in [6.07, 6.45) is 8.04. The summed E-state index contributed by atoms with van der Waals surface area (Å²) in [7, 11) is 0. The standard InChI is InChI=1S/C32H58O3/c1-14-16-18-30(8,9)23(4)24(5)31(10,11)32(12,13)25(15-2)21-29(6,7)19-17-22(3)26-20-27(33)35-28(26)34/h23-26H,3,14-21H2,1-2,4-13H3. The van der Waals surface area contributed by atoms with E-state index in [1.807, 2.05) is 0 Å². The van der Waals surface area contributed by atoms with Gasteiger partial charge in [-0.25, -0.2) is 0 Å². The lowest BCUT2D eigenvalue weighted by Gasteiger charge is -2.55. The first-order valence-electron chi connectivity index (χ1n) is 14.3. The Labute approximate surface area is 218 Å². The molecule has 0 radical (unpaired) electrons. The van der Waals surface area contributed by atoms with Crippen LogP contribution in [0.25, 0.3) is 0 Å². The summed E-state index contributed by atoms with van der Waals surface area (Å²) in [5, 5.41) is 0. The molecule has 1 fully saturated rings. The van der Waals surface area contributed by atoms with Crippen LogP contribution in [0.1, 0.15) is 134 Å². The van der Waals surface area contributed by atoms with E-state index in [1.54, 1.807) is 0 Å². The molecule has 0 aromatic rings. The molecule has 0 aliphatic carbocycles. The second kappa shape index (κ2) is 12.0. The minimum absolute atomic E-state index is 0.124. The van der Waals surface area contributed by atoms with Gasteiger partial charge in [0.15, 0.2) is 0 Å². The van der Waals surface area contributed by atoms with Crippen LogP contribution >= 0.6 is 0 Å². The predicted molar refractivity (Wildman–Crippen MR) is 149 cm³/mol. The lowest BCUT2D eigenvalue weighted by molar-refractivity contribution is -0.152. The molecule has 1 heterocycles. The van der Waals surface area contributed by atoms with Crippen LogP contribution in [-0.2, 0) is 14.3 Å². The van der Waals surface area contributed by atoms with Crippen LogP contribution in [0, 0.1) is 45.3 Å². The Bertz CT molecular complexity index is 740. The fourth-order valence-corrected chi connectivity index (χ4v) is 6.41. The summed E-state index contributed by atoms with van der Waals surface area (Å²) >= 11 is 0. The average molecular weight is 491 g/mol. The smallest absolute Gasteiger partial charge is 0.321 e. The minimum atomic E-state index is -0.450. The van der Waals surface area contributed by atoms with Gasteiger partial charge in [0.1, 0.15) is 0 Å². The molecule has 3 nitrogen and oxygen atoms in total. The lowest BCUT2D eigenvalue weighted by atomic mass is 9.50. The summed E-state index contributed by atoms with van der Waals surface area (Å²) in [6, 6.07) is 0. The van der Waals surface area contributed by atoms with Gasteiger partial charge in [-0.05, 0) is 65.1 Å². The third-order valence-corrected chi connectivity index (χ3v) is 10.8. The van der Waals surface area contributed by atoms with Gasteiger partial charge in [0.05, 0.1) is 12.3 Å². The van der Waals surface area contributed by atoms with Crippen LogP contribution in [0.5, 0.6) is 0 Å². The highest BCUT2D eigenvalue weighted by Crippen LogP contribution is 2.57. The van der Waals surface area contributed by atoms with Crippen molar-refractivity contribution in [2.24, 2.45) is 45.3 Å². The van der Waals surface area contributed by atoms with E-state index in [0.717, 1.165) is 31.3 Å². The fraction of sp³-hybridized carbons (Fsp3) is 0.875. The molecule has 0 spiro atoms. The summed E-state index contributed by atoms with van der Waals surface area (Å²) in [5.74, 6) is 0.549. The summed E-state index contributed by atoms with van der Waals surface area (Å²) in [6.45, 7) is 33.4. The second-order valence-electron chi connectivity index (χ2n) is 14.3. The highest BCUT2D eigenvalue weighted by atomic mass is 16.6. The molecule has 35 heavy (non-hydrogen) atoms. The van der Waals surface area contributed by atoms with Crippen LogP contribution in [0.3, 0.4) is 0 Å². The van der Waals surface area contributed by atoms with E-state index in [2.05, 4.69) is 89.7 Å². The molecular formula is C32H58O3. The molecule has 0 bridgehead atoms. The topological polar surface area (TPSA) is 43.4 Å². The average Bonchev–Trinajstić information content (AvgIpc) is 3.10. The Hall–Kier alpha value is -1.12. The number of hydrogen-bond donors (Lipinski definition) is 0. The van der Waals surface area contributed by atoms with Crippen LogP contribution in [0.4, 0.5) is 0 Å². The first-order chi connectivity index (χ1) is 15.8. The lowest BCUT2D eigenvalue weighted by Crippen LogP contribution is -2.48. The molecule has 1 aliphatic heterocycles. The van der Waals surface area contributed by atoms with E-state index in [0.29, 0.717) is 23.2 Å². The maximum absolute atomic E-state index is 12.0. The highest BCUT2D eigenvalue weighted by molar-refractivity contribution is 5.96. The van der Waals surface area contributed by atoms with Crippen LogP contribution < -0.4 is 0 Å². The zero-order valence-corrected chi connectivity index (χ0v) is 25.4. The van der Waals surface area contributed by atoms with Gasteiger partial charge in [0.2, 0.25) is 0 Å². The molecule has 204 valence electrons. The van der Waals surface area contributed by atoms with E-state index < -0.39 is 17.9 Å². The van der Waals surface area contributed by atoms with E-state index >= 15 is 0 Å². The van der Waals surface area contributed by atoms with Gasteiger partial charge in [-0.2, -0.15) is 0 Å². The maximum Gasteiger partial charge on any atom is 0.321 e. The van der Waals surface area contributed by atoms with Gasteiger partial charge in [-0.15, -0.1) is 0 Å². The number of hydrogen-bond acceptors (Lipinski definition) is 3. The number of unbranched alkanes of at least 4 members (excludes halogenated alkanes) is 1. The number of ether oxygens (including phenoxy) is 1. The summed E-state index contributed by atoms with van der Waals surface area (Å²) < 4.78 is 4.74. The number of carbonyl (C=O) groups excluding carboxylic acids is 2. The molecule has 1 saturated heterocycles. The number of cyclic esters (lactones) is 2. The minimum Gasteiger partial charge on any atom is -0.393 e. The number of rotatable bonds is 15. The normalized spacial score (nSPS) is 20.5. The SMILES string of the molecule is C=C(CCC(C)(C)CC(CC)C(C)(C)C(C)(C)C(C)C(C)C(C)(C)CCCC)C1CC(=O)OC1=O. The Morgan fingerprint density at radius 3 is 1.97 bits per heavy atom. The van der Waals surface area contributed by atoms with Gasteiger partial charge in [0, 0.05) is 0 Å². The van der Waals surface area contributed by atoms with E-state index in [1.165, 1.54) is 19.3 Å². The zero-order valence-electron chi connectivity index (χ0n) is 25.4. The predicted octanol–water partition coefficient (Wildman–Crippen LogP) is 9.40. The molecule has 1 aliphatic rings. The van der Waals surface area contributed by atoms with Crippen molar-refractivity contribution >= 4 is 11.9 Å². The highest BCUT2D eigenvalue weighted by Gasteiger charge is 2.49. The number of carbonyl (C=O) groups is 2. The molecule has 0 amide bonds. The molecule has 0 N–H and O–H groups in total. The third-order valence-electron chi connectivity index (χ3n) is 10.8. The van der Waals surface area contributed by atoms with E-state index in [-0.39, 0.29) is 22.7 Å². The van der Waals surface area contributed by atoms with Crippen molar-refractivity contribution < 1.29 is 14.3 Å². The molecule has 0 aromatic carbocycles.